The Bertz CT molecular complexity index is 1820. The Morgan fingerprint density at radius 3 is 2.31 bits per heavy atom. The Morgan fingerprint density at radius 1 is 1.00 bits per heavy atom. The van der Waals surface area contributed by atoms with Crippen molar-refractivity contribution in [3.05, 3.63) is 67.3 Å². The SMILES string of the molecule is C=CC1CC1(NC(=O)C1CC(Oc2cc(-c3ccccc3)nc3cc(OC)ccc23)CC1C(=O)NC(C(=O)N(C)C1CCCCC1)C(C)C)C(=O)O. The van der Waals surface area contributed by atoms with Crippen molar-refractivity contribution in [2.75, 3.05) is 14.2 Å². The number of hydrogen-bond acceptors (Lipinski definition) is 7. The number of nitrogens with one attached hydrogen (secondary N) is 2. The molecule has 11 nitrogen and oxygen atoms in total. The van der Waals surface area contributed by atoms with Crippen molar-refractivity contribution < 1.29 is 33.8 Å². The quantitative estimate of drug-likeness (QED) is 0.190. The van der Waals surface area contributed by atoms with Crippen LogP contribution in [0, 0.1) is 23.7 Å². The minimum Gasteiger partial charge on any atom is -0.497 e. The van der Waals surface area contributed by atoms with Gasteiger partial charge in [0, 0.05) is 42.1 Å². The molecule has 11 heteroatoms. The Morgan fingerprint density at radius 2 is 1.69 bits per heavy atom. The third-order valence-corrected chi connectivity index (χ3v) is 11.3. The predicted octanol–water partition coefficient (Wildman–Crippen LogP) is 5.76. The predicted molar refractivity (Wildman–Crippen MR) is 198 cm³/mol. The largest absolute Gasteiger partial charge is 0.497 e. The van der Waals surface area contributed by atoms with Gasteiger partial charge in [-0.15, -0.1) is 6.58 Å². The number of rotatable bonds is 13. The molecule has 3 fully saturated rings. The topological polar surface area (TPSA) is 147 Å². The fraction of sp³-hybridized carbons (Fsp3) is 0.488. The van der Waals surface area contributed by atoms with Crippen LogP contribution in [0.5, 0.6) is 11.5 Å². The first-order valence-electron chi connectivity index (χ1n) is 18.4. The summed E-state index contributed by atoms with van der Waals surface area (Å²) in [5.41, 5.74) is 0.778. The number of benzene rings is 2. The van der Waals surface area contributed by atoms with Gasteiger partial charge in [0.25, 0.3) is 0 Å². The highest BCUT2D eigenvalue weighted by Gasteiger charge is 2.61. The van der Waals surface area contributed by atoms with Crippen LogP contribution in [0.1, 0.15) is 65.2 Å². The van der Waals surface area contributed by atoms with Crippen molar-refractivity contribution in [3.63, 3.8) is 0 Å². The third-order valence-electron chi connectivity index (χ3n) is 11.3. The van der Waals surface area contributed by atoms with Gasteiger partial charge in [-0.3, -0.25) is 14.4 Å². The van der Waals surface area contributed by atoms with E-state index in [0.717, 1.165) is 43.1 Å². The number of methoxy groups -OCH3 is 1. The van der Waals surface area contributed by atoms with Gasteiger partial charge in [-0.2, -0.15) is 0 Å². The van der Waals surface area contributed by atoms with Gasteiger partial charge < -0.3 is 30.1 Å². The Labute approximate surface area is 305 Å². The van der Waals surface area contributed by atoms with Crippen molar-refractivity contribution >= 4 is 34.6 Å². The molecule has 1 aromatic heterocycles. The molecule has 0 radical (unpaired) electrons. The molecular weight excluding hydrogens is 660 g/mol. The van der Waals surface area contributed by atoms with Gasteiger partial charge in [-0.25, -0.2) is 9.78 Å². The second kappa shape index (κ2) is 15.4. The Hall–Kier alpha value is -4.93. The number of carboxylic acid groups (broad SMARTS) is 1. The number of pyridine rings is 1. The lowest BCUT2D eigenvalue weighted by Gasteiger charge is -2.35. The summed E-state index contributed by atoms with van der Waals surface area (Å²) >= 11 is 0. The number of likely N-dealkylation sites (N-methyl/N-ethyl adjacent to an activating group) is 1. The molecule has 3 saturated carbocycles. The summed E-state index contributed by atoms with van der Waals surface area (Å²) in [5, 5.41) is 16.6. The molecule has 1 heterocycles. The lowest BCUT2D eigenvalue weighted by Crippen LogP contribution is -2.55. The monoisotopic (exact) mass is 710 g/mol. The van der Waals surface area contributed by atoms with Gasteiger partial charge in [0.1, 0.15) is 29.2 Å². The van der Waals surface area contributed by atoms with Crippen LogP contribution in [-0.2, 0) is 19.2 Å². The molecule has 3 aromatic rings. The standard InChI is InChI=1S/C41H50N4O7/c1-6-26-23-41(26,40(49)50)44-38(47)32-20-29(19-31(32)37(46)43-36(24(2)3)39(48)45(4)27-15-11-8-12-16-27)52-35-22-33(25-13-9-7-10-14-25)42-34-21-28(51-5)17-18-30(34)35/h6-7,9-10,13-14,17-18,21-22,24,26-27,29,31-32,36H,1,8,11-12,15-16,19-20,23H2,2-5H3,(H,43,46)(H,44,47)(H,49,50). The van der Waals surface area contributed by atoms with E-state index in [4.69, 9.17) is 14.5 Å². The van der Waals surface area contributed by atoms with Crippen LogP contribution in [0.15, 0.2) is 67.3 Å². The van der Waals surface area contributed by atoms with Gasteiger partial charge in [0.15, 0.2) is 0 Å². The maximum Gasteiger partial charge on any atom is 0.330 e. The third kappa shape index (κ3) is 7.49. The van der Waals surface area contributed by atoms with Gasteiger partial charge in [0.2, 0.25) is 17.7 Å². The fourth-order valence-electron chi connectivity index (χ4n) is 7.97. The van der Waals surface area contributed by atoms with Crippen LogP contribution in [-0.4, -0.2) is 76.6 Å². The summed E-state index contributed by atoms with van der Waals surface area (Å²) in [6.07, 6.45) is 6.71. The normalized spacial score (nSPS) is 24.9. The number of hydrogen-bond donors (Lipinski definition) is 3. The smallest absolute Gasteiger partial charge is 0.330 e. The first-order chi connectivity index (χ1) is 24.9. The number of carboxylic acids is 1. The van der Waals surface area contributed by atoms with Crippen LogP contribution in [0.4, 0.5) is 0 Å². The molecule has 6 atom stereocenters. The van der Waals surface area contributed by atoms with E-state index < -0.39 is 53.2 Å². The molecule has 276 valence electrons. The molecular formula is C41H50N4O7. The van der Waals surface area contributed by atoms with E-state index in [1.807, 2.05) is 75.5 Å². The van der Waals surface area contributed by atoms with E-state index in [0.29, 0.717) is 22.7 Å². The minimum atomic E-state index is -1.46. The number of carbonyl (C=O) groups excluding carboxylic acids is 3. The fourth-order valence-corrected chi connectivity index (χ4v) is 7.97. The first kappa shape index (κ1) is 36.8. The van der Waals surface area contributed by atoms with E-state index in [-0.39, 0.29) is 37.1 Å². The Balaban J connectivity index is 1.29. The molecule has 6 rings (SSSR count). The Kier molecular flexibility index (Phi) is 10.9. The van der Waals surface area contributed by atoms with Crippen molar-refractivity contribution in [1.29, 1.82) is 0 Å². The van der Waals surface area contributed by atoms with E-state index in [1.165, 1.54) is 6.08 Å². The van der Waals surface area contributed by atoms with Gasteiger partial charge in [-0.05, 0) is 50.2 Å². The van der Waals surface area contributed by atoms with E-state index in [9.17, 15) is 24.3 Å². The van der Waals surface area contributed by atoms with Crippen LogP contribution < -0.4 is 20.1 Å². The second-order valence-electron chi connectivity index (χ2n) is 15.0. The summed E-state index contributed by atoms with van der Waals surface area (Å²) in [6, 6.07) is 16.4. The van der Waals surface area contributed by atoms with Crippen LogP contribution >= 0.6 is 0 Å². The molecule has 6 unspecified atom stereocenters. The minimum absolute atomic E-state index is 0.127. The lowest BCUT2D eigenvalue weighted by molar-refractivity contribution is -0.145. The first-order valence-corrected chi connectivity index (χ1v) is 18.4. The summed E-state index contributed by atoms with van der Waals surface area (Å²) in [4.78, 5) is 61.1. The van der Waals surface area contributed by atoms with E-state index in [1.54, 1.807) is 12.0 Å². The van der Waals surface area contributed by atoms with E-state index >= 15 is 0 Å². The van der Waals surface area contributed by atoms with Crippen molar-refractivity contribution in [2.24, 2.45) is 23.7 Å². The molecule has 52 heavy (non-hydrogen) atoms. The van der Waals surface area contributed by atoms with Crippen LogP contribution in [0.3, 0.4) is 0 Å². The highest BCUT2D eigenvalue weighted by atomic mass is 16.5. The maximum absolute atomic E-state index is 14.3. The number of nitrogens with zero attached hydrogens (tertiary/aromatic N) is 2. The summed E-state index contributed by atoms with van der Waals surface area (Å²) < 4.78 is 12.2. The zero-order valence-electron chi connectivity index (χ0n) is 30.5. The zero-order valence-corrected chi connectivity index (χ0v) is 30.5. The molecule has 3 aliphatic rings. The number of aliphatic carboxylic acids is 1. The summed E-state index contributed by atoms with van der Waals surface area (Å²) in [6.45, 7) is 7.53. The second-order valence-corrected chi connectivity index (χ2v) is 15.0. The number of ether oxygens (including phenoxy) is 2. The molecule has 0 spiro atoms. The van der Waals surface area contributed by atoms with Crippen molar-refractivity contribution in [2.45, 2.75) is 88.9 Å². The highest BCUT2D eigenvalue weighted by Crippen LogP contribution is 2.46. The number of aromatic nitrogens is 1. The maximum atomic E-state index is 14.3. The zero-order chi connectivity index (χ0) is 37.2. The lowest BCUT2D eigenvalue weighted by atomic mass is 9.91. The number of carbonyl (C=O) groups is 4. The highest BCUT2D eigenvalue weighted by molar-refractivity contribution is 5.95. The molecule has 2 aromatic carbocycles. The molecule has 0 bridgehead atoms. The van der Waals surface area contributed by atoms with Gasteiger partial charge in [0.05, 0.1) is 30.2 Å². The van der Waals surface area contributed by atoms with Crippen LogP contribution in [0.25, 0.3) is 22.2 Å². The van der Waals surface area contributed by atoms with Crippen LogP contribution in [0.2, 0.25) is 0 Å². The average Bonchev–Trinajstić information content (AvgIpc) is 3.72. The van der Waals surface area contributed by atoms with Gasteiger partial charge >= 0.3 is 5.97 Å². The number of fused-ring (bicyclic) bond motifs is 1. The molecule has 3 N–H and O–H groups in total. The van der Waals surface area contributed by atoms with Gasteiger partial charge in [-0.1, -0.05) is 69.5 Å². The van der Waals surface area contributed by atoms with Crippen molar-refractivity contribution in [3.8, 4) is 22.8 Å². The number of amides is 3. The summed E-state index contributed by atoms with van der Waals surface area (Å²) in [5.74, 6) is -3.44. The molecule has 3 aliphatic carbocycles. The van der Waals surface area contributed by atoms with Crippen molar-refractivity contribution in [1.82, 2.24) is 20.5 Å². The molecule has 0 aliphatic heterocycles. The molecule has 0 saturated heterocycles. The van der Waals surface area contributed by atoms with E-state index in [2.05, 4.69) is 17.2 Å². The summed E-state index contributed by atoms with van der Waals surface area (Å²) in [7, 11) is 3.40. The average molecular weight is 711 g/mol. The molecule has 3 amide bonds.